The summed E-state index contributed by atoms with van der Waals surface area (Å²) in [5, 5.41) is 0. The molecule has 0 N–H and O–H groups in total. The zero-order chi connectivity index (χ0) is 9.68. The van der Waals surface area contributed by atoms with Crippen LogP contribution < -0.4 is 9.47 Å². The molecule has 0 aromatic heterocycles. The van der Waals surface area contributed by atoms with Gasteiger partial charge in [0.1, 0.15) is 0 Å². The van der Waals surface area contributed by atoms with E-state index < -0.39 is 6.16 Å². The van der Waals surface area contributed by atoms with Crippen LogP contribution in [0.1, 0.15) is 0 Å². The fraction of sp³-hybridized carbons (Fsp3) is 0.222. The van der Waals surface area contributed by atoms with Crippen LogP contribution in [0.4, 0.5) is 4.79 Å². The van der Waals surface area contributed by atoms with Gasteiger partial charge in [0.15, 0.2) is 11.5 Å². The van der Waals surface area contributed by atoms with Gasteiger partial charge in [-0.25, -0.2) is 4.79 Å². The van der Waals surface area contributed by atoms with Crippen LogP contribution in [-0.4, -0.2) is 20.4 Å². The quantitative estimate of drug-likeness (QED) is 0.514. The molecule has 13 heavy (non-hydrogen) atoms. The largest absolute Gasteiger partial charge is 0.513 e. The molecule has 4 heteroatoms. The van der Waals surface area contributed by atoms with E-state index in [0.717, 1.165) is 0 Å². The molecule has 0 bridgehead atoms. The van der Waals surface area contributed by atoms with Crippen molar-refractivity contribution in [3.05, 3.63) is 24.3 Å². The average Bonchev–Trinajstić information content (AvgIpc) is 2.18. The Bertz CT molecular complexity index is 295. The summed E-state index contributed by atoms with van der Waals surface area (Å²) in [7, 11) is 2.71. The number of rotatable bonds is 2. The van der Waals surface area contributed by atoms with Crippen molar-refractivity contribution in [2.45, 2.75) is 0 Å². The summed E-state index contributed by atoms with van der Waals surface area (Å²) in [6.07, 6.45) is -0.791. The summed E-state index contributed by atoms with van der Waals surface area (Å²) >= 11 is 0. The van der Waals surface area contributed by atoms with Gasteiger partial charge < -0.3 is 14.2 Å². The molecule has 4 nitrogen and oxygen atoms in total. The molecule has 1 aromatic carbocycles. The van der Waals surface area contributed by atoms with E-state index in [0.29, 0.717) is 5.75 Å². The van der Waals surface area contributed by atoms with Crippen molar-refractivity contribution >= 4 is 6.16 Å². The molecule has 0 unspecified atom stereocenters. The van der Waals surface area contributed by atoms with Gasteiger partial charge in [-0.3, -0.25) is 0 Å². The van der Waals surface area contributed by atoms with Crippen LogP contribution in [0.2, 0.25) is 0 Å². The standard InChI is InChI=1S/C9H9O4/c1-11-7-5-3-4-6-8(7)13-9(10)12-2/h3-5H,1-2H3. The van der Waals surface area contributed by atoms with E-state index in [1.165, 1.54) is 14.2 Å². The molecule has 0 saturated heterocycles. The highest BCUT2D eigenvalue weighted by atomic mass is 16.7. The van der Waals surface area contributed by atoms with Gasteiger partial charge in [-0.05, 0) is 6.07 Å². The van der Waals surface area contributed by atoms with Crippen molar-refractivity contribution in [2.75, 3.05) is 14.2 Å². The molecule has 1 rings (SSSR count). The molecule has 69 valence electrons. The van der Waals surface area contributed by atoms with Crippen LogP contribution >= 0.6 is 0 Å². The van der Waals surface area contributed by atoms with Crippen molar-refractivity contribution < 1.29 is 19.0 Å². The van der Waals surface area contributed by atoms with Gasteiger partial charge in [0.25, 0.3) is 0 Å². The van der Waals surface area contributed by atoms with Gasteiger partial charge >= 0.3 is 6.16 Å². The molecular weight excluding hydrogens is 172 g/mol. The normalized spacial score (nSPS) is 9.08. The third-order valence-corrected chi connectivity index (χ3v) is 1.35. The maximum atomic E-state index is 10.7. The lowest BCUT2D eigenvalue weighted by Crippen LogP contribution is -2.08. The Balaban J connectivity index is 2.81. The fourth-order valence-corrected chi connectivity index (χ4v) is 0.772. The molecule has 0 spiro atoms. The lowest BCUT2D eigenvalue weighted by molar-refractivity contribution is 0.120. The molecule has 0 fully saturated rings. The van der Waals surface area contributed by atoms with Crippen LogP contribution in [0.25, 0.3) is 0 Å². The lowest BCUT2D eigenvalue weighted by atomic mass is 10.3. The summed E-state index contributed by atoms with van der Waals surface area (Å²) in [4.78, 5) is 10.7. The molecule has 1 radical (unpaired) electrons. The minimum absolute atomic E-state index is 0.219. The zero-order valence-electron chi connectivity index (χ0n) is 7.37. The second kappa shape index (κ2) is 4.35. The molecule has 0 aliphatic carbocycles. The first-order valence-electron chi connectivity index (χ1n) is 3.58. The number of hydrogen-bond donors (Lipinski definition) is 0. The van der Waals surface area contributed by atoms with Gasteiger partial charge in [0.05, 0.1) is 14.2 Å². The first-order valence-corrected chi connectivity index (χ1v) is 3.58. The minimum atomic E-state index is -0.791. The SMILES string of the molecule is COC(=O)Oc1[c]cccc1OC. The predicted octanol–water partition coefficient (Wildman–Crippen LogP) is 1.64. The smallest absolute Gasteiger partial charge is 0.493 e. The van der Waals surface area contributed by atoms with Gasteiger partial charge in [-0.15, -0.1) is 0 Å². The van der Waals surface area contributed by atoms with Crippen LogP contribution in [0.15, 0.2) is 18.2 Å². The third kappa shape index (κ3) is 2.37. The van der Waals surface area contributed by atoms with Gasteiger partial charge in [0, 0.05) is 6.07 Å². The molecule has 0 heterocycles. The number of methoxy groups -OCH3 is 2. The highest BCUT2D eigenvalue weighted by molar-refractivity contribution is 5.64. The highest BCUT2D eigenvalue weighted by Crippen LogP contribution is 2.25. The summed E-state index contributed by atoms with van der Waals surface area (Å²) in [6.45, 7) is 0. The Morgan fingerprint density at radius 1 is 1.46 bits per heavy atom. The molecular formula is C9H9O4. The number of benzene rings is 1. The van der Waals surface area contributed by atoms with E-state index in [9.17, 15) is 4.79 Å². The molecule has 1 aromatic rings. The number of carbonyl (C=O) groups is 1. The minimum Gasteiger partial charge on any atom is -0.493 e. The molecule has 0 atom stereocenters. The van der Waals surface area contributed by atoms with Gasteiger partial charge in [0.2, 0.25) is 0 Å². The first-order chi connectivity index (χ1) is 6.27. The Labute approximate surface area is 76.0 Å². The van der Waals surface area contributed by atoms with Gasteiger partial charge in [-0.2, -0.15) is 0 Å². The zero-order valence-corrected chi connectivity index (χ0v) is 7.37. The molecule has 0 aliphatic heterocycles. The van der Waals surface area contributed by atoms with Crippen LogP contribution in [0.3, 0.4) is 0 Å². The van der Waals surface area contributed by atoms with E-state index in [2.05, 4.69) is 10.8 Å². The Morgan fingerprint density at radius 3 is 2.85 bits per heavy atom. The molecule has 0 amide bonds. The second-order valence-electron chi connectivity index (χ2n) is 2.12. The van der Waals surface area contributed by atoms with Crippen molar-refractivity contribution in [2.24, 2.45) is 0 Å². The van der Waals surface area contributed by atoms with Crippen LogP contribution in [0.5, 0.6) is 11.5 Å². The van der Waals surface area contributed by atoms with E-state index >= 15 is 0 Å². The van der Waals surface area contributed by atoms with Gasteiger partial charge in [-0.1, -0.05) is 12.1 Å². The summed E-state index contributed by atoms with van der Waals surface area (Å²) < 4.78 is 14.0. The van der Waals surface area contributed by atoms with E-state index in [4.69, 9.17) is 9.47 Å². The number of ether oxygens (including phenoxy) is 3. The number of carbonyl (C=O) groups excluding carboxylic acids is 1. The first kappa shape index (κ1) is 9.38. The predicted molar refractivity (Wildman–Crippen MR) is 44.9 cm³/mol. The van der Waals surface area contributed by atoms with E-state index in [1.807, 2.05) is 0 Å². The Kier molecular flexibility index (Phi) is 3.14. The summed E-state index contributed by atoms with van der Waals surface area (Å²) in [5.74, 6) is 0.657. The van der Waals surface area contributed by atoms with E-state index in [1.54, 1.807) is 18.2 Å². The summed E-state index contributed by atoms with van der Waals surface area (Å²) in [5.41, 5.74) is 0. The monoisotopic (exact) mass is 181 g/mol. The third-order valence-electron chi connectivity index (χ3n) is 1.35. The van der Waals surface area contributed by atoms with Crippen molar-refractivity contribution in [1.29, 1.82) is 0 Å². The number of para-hydroxylation sites is 1. The average molecular weight is 181 g/mol. The Morgan fingerprint density at radius 2 is 2.23 bits per heavy atom. The van der Waals surface area contributed by atoms with E-state index in [-0.39, 0.29) is 5.75 Å². The van der Waals surface area contributed by atoms with Crippen molar-refractivity contribution in [3.8, 4) is 11.5 Å². The summed E-state index contributed by atoms with van der Waals surface area (Å²) in [6, 6.07) is 7.70. The maximum Gasteiger partial charge on any atom is 0.513 e. The fourth-order valence-electron chi connectivity index (χ4n) is 0.772. The lowest BCUT2D eigenvalue weighted by Gasteiger charge is -2.06. The molecule has 0 aliphatic rings. The maximum absolute atomic E-state index is 10.7. The van der Waals surface area contributed by atoms with Crippen LogP contribution in [-0.2, 0) is 4.74 Å². The van der Waals surface area contributed by atoms with Crippen LogP contribution in [0, 0.1) is 6.07 Å². The highest BCUT2D eigenvalue weighted by Gasteiger charge is 2.08. The molecule has 0 saturated carbocycles. The number of hydrogen-bond acceptors (Lipinski definition) is 4. The Hall–Kier alpha value is -1.71. The second-order valence-corrected chi connectivity index (χ2v) is 2.12. The van der Waals surface area contributed by atoms with Crippen molar-refractivity contribution in [3.63, 3.8) is 0 Å². The topological polar surface area (TPSA) is 44.8 Å². The van der Waals surface area contributed by atoms with Crippen molar-refractivity contribution in [1.82, 2.24) is 0 Å².